The maximum Gasteiger partial charge on any atom is 0.326 e. The van der Waals surface area contributed by atoms with Gasteiger partial charge >= 0.3 is 5.97 Å². The first kappa shape index (κ1) is 17.7. The highest BCUT2D eigenvalue weighted by molar-refractivity contribution is 6.30. The van der Waals surface area contributed by atoms with E-state index in [0.717, 1.165) is 11.3 Å². The van der Waals surface area contributed by atoms with Crippen molar-refractivity contribution in [3.05, 3.63) is 41.4 Å². The van der Waals surface area contributed by atoms with Crippen LogP contribution in [0.4, 0.5) is 5.69 Å². The fourth-order valence-electron chi connectivity index (χ4n) is 4.20. The number of imide groups is 1. The van der Waals surface area contributed by atoms with Gasteiger partial charge in [-0.25, -0.2) is 0 Å². The molecule has 3 aliphatic rings. The van der Waals surface area contributed by atoms with Crippen LogP contribution in [-0.4, -0.2) is 41.7 Å². The Hall–Kier alpha value is -2.67. The number of nitrogens with one attached hydrogen (secondary N) is 1. The van der Waals surface area contributed by atoms with Crippen molar-refractivity contribution in [2.24, 2.45) is 23.7 Å². The third kappa shape index (κ3) is 3.23. The number of nitrogens with zero attached hydrogens (tertiary/aromatic N) is 1. The lowest BCUT2D eigenvalue weighted by Gasteiger charge is -2.16. The zero-order valence-electron chi connectivity index (χ0n) is 14.3. The van der Waals surface area contributed by atoms with E-state index in [1.165, 1.54) is 0 Å². The fraction of sp³-hybridized carbons (Fsp3) is 0.368. The number of hydrogen-bond donors (Lipinski definition) is 1. The molecule has 1 saturated heterocycles. The summed E-state index contributed by atoms with van der Waals surface area (Å²) < 4.78 is 4.91. The minimum atomic E-state index is -0.793. The van der Waals surface area contributed by atoms with Crippen LogP contribution in [0.3, 0.4) is 0 Å². The van der Waals surface area contributed by atoms with Crippen LogP contribution in [-0.2, 0) is 23.9 Å². The number of allylic oxidation sites excluding steroid dienone is 2. The van der Waals surface area contributed by atoms with Crippen molar-refractivity contribution in [2.75, 3.05) is 18.5 Å². The largest absolute Gasteiger partial charge is 0.454 e. The number of fused-ring (bicyclic) bond motifs is 5. The monoisotopic (exact) mass is 388 g/mol. The molecule has 7 nitrogen and oxygen atoms in total. The minimum absolute atomic E-state index is 0.0842. The van der Waals surface area contributed by atoms with Crippen molar-refractivity contribution >= 4 is 41.0 Å². The molecule has 0 aromatic heterocycles. The molecule has 2 aliphatic carbocycles. The van der Waals surface area contributed by atoms with Crippen molar-refractivity contribution in [3.63, 3.8) is 0 Å². The van der Waals surface area contributed by atoms with Crippen molar-refractivity contribution in [1.29, 1.82) is 0 Å². The van der Waals surface area contributed by atoms with Gasteiger partial charge in [0.25, 0.3) is 5.91 Å². The molecule has 3 amide bonds. The lowest BCUT2D eigenvalue weighted by atomic mass is 9.85. The van der Waals surface area contributed by atoms with Gasteiger partial charge in [0.1, 0.15) is 6.54 Å². The van der Waals surface area contributed by atoms with Gasteiger partial charge in [-0.3, -0.25) is 24.1 Å². The average molecular weight is 389 g/mol. The summed E-state index contributed by atoms with van der Waals surface area (Å²) in [5.41, 5.74) is 0.476. The molecule has 2 bridgehead atoms. The van der Waals surface area contributed by atoms with Crippen molar-refractivity contribution in [1.82, 2.24) is 4.90 Å². The Morgan fingerprint density at radius 3 is 2.44 bits per heavy atom. The van der Waals surface area contributed by atoms with Crippen LogP contribution in [0.25, 0.3) is 0 Å². The Morgan fingerprint density at radius 1 is 1.15 bits per heavy atom. The summed E-state index contributed by atoms with van der Waals surface area (Å²) in [5, 5.41) is 3.01. The van der Waals surface area contributed by atoms with Gasteiger partial charge in [0.15, 0.2) is 6.61 Å². The second-order valence-electron chi connectivity index (χ2n) is 6.98. The molecule has 27 heavy (non-hydrogen) atoms. The maximum absolute atomic E-state index is 12.5. The Balaban J connectivity index is 1.29. The van der Waals surface area contributed by atoms with Crippen LogP contribution in [0, 0.1) is 23.7 Å². The number of anilines is 1. The van der Waals surface area contributed by atoms with Gasteiger partial charge < -0.3 is 10.1 Å². The second kappa shape index (κ2) is 6.81. The van der Waals surface area contributed by atoms with Gasteiger partial charge in [-0.05, 0) is 36.5 Å². The molecule has 1 aromatic rings. The highest BCUT2D eigenvalue weighted by Crippen LogP contribution is 2.52. The van der Waals surface area contributed by atoms with E-state index in [4.69, 9.17) is 16.3 Å². The number of carbonyl (C=O) groups excluding carboxylic acids is 4. The highest BCUT2D eigenvalue weighted by atomic mass is 35.5. The van der Waals surface area contributed by atoms with Crippen molar-refractivity contribution < 1.29 is 23.9 Å². The van der Waals surface area contributed by atoms with E-state index in [2.05, 4.69) is 5.32 Å². The Labute approximate surface area is 160 Å². The Kier molecular flexibility index (Phi) is 4.47. The molecule has 1 N–H and O–H groups in total. The SMILES string of the molecule is O=C(COC(=O)CN1C(=O)[C@@H]2[C@H](C1=O)[C@H]1C=C[C@H]2C1)Nc1cccc(Cl)c1. The summed E-state index contributed by atoms with van der Waals surface area (Å²) in [6.07, 6.45) is 4.80. The van der Waals surface area contributed by atoms with E-state index in [1.807, 2.05) is 12.2 Å². The predicted octanol–water partition coefficient (Wildman–Crippen LogP) is 1.63. The maximum atomic E-state index is 12.5. The number of halogens is 1. The molecule has 8 heteroatoms. The molecule has 1 aromatic carbocycles. The summed E-state index contributed by atoms with van der Waals surface area (Å²) in [6.45, 7) is -0.976. The average Bonchev–Trinajstić information content (AvgIpc) is 3.30. The second-order valence-corrected chi connectivity index (χ2v) is 7.42. The quantitative estimate of drug-likeness (QED) is 0.470. The van der Waals surface area contributed by atoms with E-state index in [1.54, 1.807) is 24.3 Å². The van der Waals surface area contributed by atoms with Gasteiger partial charge in [0, 0.05) is 10.7 Å². The summed E-state index contributed by atoms with van der Waals surface area (Å²) >= 11 is 5.83. The van der Waals surface area contributed by atoms with Gasteiger partial charge in [-0.2, -0.15) is 0 Å². The predicted molar refractivity (Wildman–Crippen MR) is 95.5 cm³/mol. The van der Waals surface area contributed by atoms with E-state index >= 15 is 0 Å². The number of hydrogen-bond acceptors (Lipinski definition) is 5. The Bertz CT molecular complexity index is 837. The minimum Gasteiger partial charge on any atom is -0.454 e. The van der Waals surface area contributed by atoms with E-state index in [-0.39, 0.29) is 35.5 Å². The zero-order valence-corrected chi connectivity index (χ0v) is 15.0. The normalized spacial score (nSPS) is 27.8. The molecule has 0 radical (unpaired) electrons. The first-order valence-electron chi connectivity index (χ1n) is 8.68. The highest BCUT2D eigenvalue weighted by Gasteiger charge is 2.59. The third-order valence-corrected chi connectivity index (χ3v) is 5.56. The van der Waals surface area contributed by atoms with Gasteiger partial charge in [-0.15, -0.1) is 0 Å². The smallest absolute Gasteiger partial charge is 0.326 e. The zero-order chi connectivity index (χ0) is 19.1. The lowest BCUT2D eigenvalue weighted by Crippen LogP contribution is -2.38. The molecule has 1 saturated carbocycles. The van der Waals surface area contributed by atoms with Crippen LogP contribution in [0.2, 0.25) is 5.02 Å². The number of likely N-dealkylation sites (tertiary alicyclic amines) is 1. The fourth-order valence-corrected chi connectivity index (χ4v) is 4.39. The number of rotatable bonds is 5. The molecule has 4 rings (SSSR count). The van der Waals surface area contributed by atoms with Crippen LogP contribution in [0.15, 0.2) is 36.4 Å². The van der Waals surface area contributed by atoms with Gasteiger partial charge in [0.05, 0.1) is 11.8 Å². The van der Waals surface area contributed by atoms with Crippen molar-refractivity contribution in [3.8, 4) is 0 Å². The molecule has 1 aliphatic heterocycles. The van der Waals surface area contributed by atoms with Crippen LogP contribution >= 0.6 is 11.6 Å². The molecule has 0 unspecified atom stereocenters. The van der Waals surface area contributed by atoms with E-state index in [9.17, 15) is 19.2 Å². The van der Waals surface area contributed by atoms with Crippen molar-refractivity contribution in [2.45, 2.75) is 6.42 Å². The molecule has 2 fully saturated rings. The molecular weight excluding hydrogens is 372 g/mol. The molecule has 140 valence electrons. The standard InChI is InChI=1S/C19H17ClN2O5/c20-12-2-1-3-13(7-12)21-14(23)9-27-15(24)8-22-18(25)16-10-4-5-11(6-10)17(16)19(22)26/h1-5,7,10-11,16-17H,6,8-9H2,(H,21,23)/t10-,11-,16-,17+/m0/s1. The van der Waals surface area contributed by atoms with Crippen LogP contribution in [0.5, 0.6) is 0 Å². The molecule has 1 heterocycles. The third-order valence-electron chi connectivity index (χ3n) is 5.32. The summed E-state index contributed by atoms with van der Waals surface area (Å²) in [5.74, 6) is -2.51. The first-order valence-corrected chi connectivity index (χ1v) is 9.06. The number of ether oxygens (including phenoxy) is 1. The number of benzene rings is 1. The molecule has 0 spiro atoms. The van der Waals surface area contributed by atoms with Gasteiger partial charge in [0.2, 0.25) is 11.8 Å². The molecule has 4 atom stereocenters. The van der Waals surface area contributed by atoms with Gasteiger partial charge in [-0.1, -0.05) is 29.8 Å². The summed E-state index contributed by atoms with van der Waals surface area (Å²) in [6, 6.07) is 6.55. The number of carbonyl (C=O) groups is 4. The van der Waals surface area contributed by atoms with Crippen LogP contribution < -0.4 is 5.32 Å². The Morgan fingerprint density at radius 2 is 1.81 bits per heavy atom. The number of amides is 3. The summed E-state index contributed by atoms with van der Waals surface area (Å²) in [4.78, 5) is 49.9. The first-order chi connectivity index (χ1) is 12.9. The van der Waals surface area contributed by atoms with E-state index < -0.39 is 25.0 Å². The van der Waals surface area contributed by atoms with Crippen LogP contribution in [0.1, 0.15) is 6.42 Å². The number of esters is 1. The lowest BCUT2D eigenvalue weighted by molar-refractivity contribution is -0.154. The van der Waals surface area contributed by atoms with E-state index in [0.29, 0.717) is 10.7 Å². The topological polar surface area (TPSA) is 92.8 Å². The summed E-state index contributed by atoms with van der Waals surface area (Å²) in [7, 11) is 0. The molecular formula is C19H17ClN2O5.